The van der Waals surface area contributed by atoms with Gasteiger partial charge in [-0.05, 0) is 32.2 Å². The van der Waals surface area contributed by atoms with Gasteiger partial charge in [0.2, 0.25) is 0 Å². The smallest absolute Gasteiger partial charge is 0.288 e. The van der Waals surface area contributed by atoms with E-state index in [0.29, 0.717) is 13.0 Å². The molecule has 0 radical (unpaired) electrons. The second-order valence-electron chi connectivity index (χ2n) is 6.33. The fraction of sp³-hybridized carbons (Fsp3) is 1.00. The maximum atomic E-state index is 9.63. The van der Waals surface area contributed by atoms with E-state index >= 15 is 0 Å². The van der Waals surface area contributed by atoms with Crippen LogP contribution in [-0.4, -0.2) is 45.6 Å². The summed E-state index contributed by atoms with van der Waals surface area (Å²) in [6.45, 7) is 2.92. The summed E-state index contributed by atoms with van der Waals surface area (Å²) in [5.41, 5.74) is 5.34. The van der Waals surface area contributed by atoms with Gasteiger partial charge in [-0.1, -0.05) is 45.4 Å². The number of hydrogen-bond donors (Lipinski definition) is 2. The van der Waals surface area contributed by atoms with Crippen LogP contribution in [0.15, 0.2) is 0 Å². The summed E-state index contributed by atoms with van der Waals surface area (Å²) in [7, 11) is 4.80. The van der Waals surface area contributed by atoms with Crippen molar-refractivity contribution in [2.24, 2.45) is 11.1 Å². The monoisotopic (exact) mass is 333 g/mol. The van der Waals surface area contributed by atoms with E-state index in [0.717, 1.165) is 25.7 Å². The molecule has 0 heterocycles. The first-order chi connectivity index (χ1) is 11.1. The van der Waals surface area contributed by atoms with E-state index in [4.69, 9.17) is 19.9 Å². The fourth-order valence-corrected chi connectivity index (χ4v) is 3.63. The second kappa shape index (κ2) is 13.1. The summed E-state index contributed by atoms with van der Waals surface area (Å²) in [5.74, 6) is -1.13. The first kappa shape index (κ1) is 22.8. The molecule has 0 bridgehead atoms. The maximum absolute atomic E-state index is 9.63. The quantitative estimate of drug-likeness (QED) is 0.334. The standard InChI is InChI=1S/C18H39NO4/c1-5-6-7-8-9-10-12-17(14-16-20,13-11-15-19)18(21-2,22-3)23-4/h20H,5-16,19H2,1-4H3. The molecule has 0 amide bonds. The number of methoxy groups -OCH3 is 3. The Morgan fingerprint density at radius 3 is 1.78 bits per heavy atom. The highest BCUT2D eigenvalue weighted by Crippen LogP contribution is 2.47. The van der Waals surface area contributed by atoms with Gasteiger partial charge >= 0.3 is 0 Å². The van der Waals surface area contributed by atoms with Gasteiger partial charge in [-0.15, -0.1) is 0 Å². The van der Waals surface area contributed by atoms with Gasteiger partial charge in [0, 0.05) is 27.9 Å². The van der Waals surface area contributed by atoms with Crippen LogP contribution in [0.4, 0.5) is 0 Å². The molecule has 0 aromatic rings. The Morgan fingerprint density at radius 1 is 0.783 bits per heavy atom. The van der Waals surface area contributed by atoms with Crippen LogP contribution in [0, 0.1) is 5.41 Å². The average Bonchev–Trinajstić information content (AvgIpc) is 2.58. The zero-order valence-electron chi connectivity index (χ0n) is 15.7. The number of nitrogens with two attached hydrogens (primary N) is 1. The summed E-state index contributed by atoms with van der Waals surface area (Å²) < 4.78 is 17.0. The lowest BCUT2D eigenvalue weighted by Crippen LogP contribution is -2.53. The van der Waals surface area contributed by atoms with Gasteiger partial charge in [0.15, 0.2) is 0 Å². The zero-order chi connectivity index (χ0) is 17.6. The van der Waals surface area contributed by atoms with Crippen molar-refractivity contribution in [3.8, 4) is 0 Å². The van der Waals surface area contributed by atoms with Gasteiger partial charge in [-0.3, -0.25) is 0 Å². The number of rotatable bonds is 16. The highest BCUT2D eigenvalue weighted by Gasteiger charge is 2.52. The van der Waals surface area contributed by atoms with Gasteiger partial charge in [0.1, 0.15) is 0 Å². The largest absolute Gasteiger partial charge is 0.396 e. The van der Waals surface area contributed by atoms with Gasteiger partial charge in [0.25, 0.3) is 5.97 Å². The highest BCUT2D eigenvalue weighted by molar-refractivity contribution is 4.89. The summed E-state index contributed by atoms with van der Waals surface area (Å²) in [6.07, 6.45) is 10.5. The van der Waals surface area contributed by atoms with Crippen molar-refractivity contribution < 1.29 is 19.3 Å². The lowest BCUT2D eigenvalue weighted by Gasteiger charge is -2.47. The molecule has 0 aliphatic carbocycles. The van der Waals surface area contributed by atoms with E-state index in [1.54, 1.807) is 21.3 Å². The topological polar surface area (TPSA) is 73.9 Å². The van der Waals surface area contributed by atoms with Crippen molar-refractivity contribution in [3.63, 3.8) is 0 Å². The molecule has 0 saturated carbocycles. The average molecular weight is 334 g/mol. The van der Waals surface area contributed by atoms with Crippen LogP contribution in [-0.2, 0) is 14.2 Å². The molecule has 0 aliphatic rings. The molecular weight excluding hydrogens is 294 g/mol. The van der Waals surface area contributed by atoms with Crippen molar-refractivity contribution in [1.82, 2.24) is 0 Å². The van der Waals surface area contributed by atoms with Crippen molar-refractivity contribution in [2.75, 3.05) is 34.5 Å². The van der Waals surface area contributed by atoms with Crippen molar-refractivity contribution in [2.45, 2.75) is 77.1 Å². The SMILES string of the molecule is CCCCCCCCC(CCO)(CCCN)C(OC)(OC)OC. The third-order valence-corrected chi connectivity index (χ3v) is 4.91. The molecule has 23 heavy (non-hydrogen) atoms. The van der Waals surface area contributed by atoms with E-state index < -0.39 is 5.97 Å². The van der Waals surface area contributed by atoms with Gasteiger partial charge in [0.05, 0.1) is 5.41 Å². The molecule has 0 fully saturated rings. The Labute approximate surface area is 142 Å². The first-order valence-electron chi connectivity index (χ1n) is 9.08. The molecule has 0 spiro atoms. The van der Waals surface area contributed by atoms with E-state index in [1.807, 2.05) is 0 Å². The van der Waals surface area contributed by atoms with Crippen LogP contribution in [0.5, 0.6) is 0 Å². The van der Waals surface area contributed by atoms with E-state index in [1.165, 1.54) is 32.1 Å². The number of aliphatic hydroxyl groups is 1. The summed E-state index contributed by atoms with van der Waals surface area (Å²) in [6, 6.07) is 0. The molecule has 1 atom stereocenters. The Kier molecular flexibility index (Phi) is 13.0. The number of ether oxygens (including phenoxy) is 3. The number of unbranched alkanes of at least 4 members (excludes halogenated alkanes) is 5. The Morgan fingerprint density at radius 2 is 1.30 bits per heavy atom. The van der Waals surface area contributed by atoms with Gasteiger partial charge in [-0.25, -0.2) is 0 Å². The summed E-state index contributed by atoms with van der Waals surface area (Å²) >= 11 is 0. The molecule has 1 unspecified atom stereocenters. The van der Waals surface area contributed by atoms with Gasteiger partial charge < -0.3 is 25.1 Å². The first-order valence-corrected chi connectivity index (χ1v) is 9.08. The second-order valence-corrected chi connectivity index (χ2v) is 6.33. The van der Waals surface area contributed by atoms with Gasteiger partial charge in [-0.2, -0.15) is 0 Å². The van der Waals surface area contributed by atoms with Crippen molar-refractivity contribution in [1.29, 1.82) is 0 Å². The lowest BCUT2D eigenvalue weighted by molar-refractivity contribution is -0.411. The number of aliphatic hydroxyl groups excluding tert-OH is 1. The molecule has 140 valence electrons. The molecule has 0 aromatic heterocycles. The Hall–Kier alpha value is -0.200. The minimum absolute atomic E-state index is 0.0816. The minimum atomic E-state index is -1.13. The molecule has 3 N–H and O–H groups in total. The van der Waals surface area contributed by atoms with Crippen LogP contribution in [0.3, 0.4) is 0 Å². The number of hydrogen-bond acceptors (Lipinski definition) is 5. The van der Waals surface area contributed by atoms with Crippen LogP contribution < -0.4 is 5.73 Å². The molecule has 0 aliphatic heterocycles. The molecule has 0 saturated heterocycles. The molecule has 0 rings (SSSR count). The predicted molar refractivity (Wildman–Crippen MR) is 94.2 cm³/mol. The van der Waals surface area contributed by atoms with Crippen LogP contribution in [0.1, 0.15) is 71.1 Å². The molecule has 5 heteroatoms. The summed E-state index contributed by atoms with van der Waals surface area (Å²) in [5, 5.41) is 9.63. The lowest BCUT2D eigenvalue weighted by atomic mass is 9.73. The molecule has 0 aromatic carbocycles. The zero-order valence-corrected chi connectivity index (χ0v) is 15.7. The third-order valence-electron chi connectivity index (χ3n) is 4.91. The predicted octanol–water partition coefficient (Wildman–Crippen LogP) is 3.44. The fourth-order valence-electron chi connectivity index (χ4n) is 3.63. The van der Waals surface area contributed by atoms with Crippen LogP contribution in [0.2, 0.25) is 0 Å². The van der Waals surface area contributed by atoms with Crippen LogP contribution >= 0.6 is 0 Å². The van der Waals surface area contributed by atoms with E-state index in [-0.39, 0.29) is 12.0 Å². The van der Waals surface area contributed by atoms with Crippen LogP contribution in [0.25, 0.3) is 0 Å². The minimum Gasteiger partial charge on any atom is -0.396 e. The maximum Gasteiger partial charge on any atom is 0.288 e. The Balaban J connectivity index is 5.00. The van der Waals surface area contributed by atoms with E-state index in [2.05, 4.69) is 6.92 Å². The third kappa shape index (κ3) is 6.67. The molecular formula is C18H39NO4. The van der Waals surface area contributed by atoms with E-state index in [9.17, 15) is 5.11 Å². The van der Waals surface area contributed by atoms with Crippen molar-refractivity contribution >= 4 is 0 Å². The summed E-state index contributed by atoms with van der Waals surface area (Å²) in [4.78, 5) is 0. The molecule has 5 nitrogen and oxygen atoms in total. The Bertz CT molecular complexity index is 263. The van der Waals surface area contributed by atoms with Crippen molar-refractivity contribution in [3.05, 3.63) is 0 Å². The normalized spacial score (nSPS) is 14.9. The highest BCUT2D eigenvalue weighted by atomic mass is 16.9.